The van der Waals surface area contributed by atoms with Crippen LogP contribution in [0, 0.1) is 18.3 Å². The monoisotopic (exact) mass is 433 g/mol. The van der Waals surface area contributed by atoms with Gasteiger partial charge in [-0.2, -0.15) is 0 Å². The average Bonchev–Trinajstić information content (AvgIpc) is 2.84. The molecule has 1 aliphatic rings. The Hall–Kier alpha value is -2.86. The maximum absolute atomic E-state index is 4.13. The summed E-state index contributed by atoms with van der Waals surface area (Å²) < 4.78 is 0. The van der Waals surface area contributed by atoms with Gasteiger partial charge in [0.15, 0.2) is 0 Å². The largest absolute Gasteiger partial charge is 0.0985 e. The Labute approximate surface area is 200 Å². The predicted molar refractivity (Wildman–Crippen MR) is 145 cm³/mol. The lowest BCUT2D eigenvalue weighted by molar-refractivity contribution is 0.637. The lowest BCUT2D eigenvalue weighted by Crippen LogP contribution is -2.14. The van der Waals surface area contributed by atoms with E-state index in [4.69, 9.17) is 0 Å². The van der Waals surface area contributed by atoms with E-state index < -0.39 is 0 Å². The van der Waals surface area contributed by atoms with E-state index in [0.717, 1.165) is 6.42 Å². The van der Waals surface area contributed by atoms with E-state index in [1.807, 2.05) is 6.08 Å². The Kier molecular flexibility index (Phi) is 7.33. The first-order chi connectivity index (χ1) is 16.0. The molecule has 3 aromatic carbocycles. The minimum atomic E-state index is 0.305. The van der Waals surface area contributed by atoms with E-state index in [9.17, 15) is 0 Å². The van der Waals surface area contributed by atoms with Crippen LogP contribution in [0.5, 0.6) is 0 Å². The summed E-state index contributed by atoms with van der Waals surface area (Å²) in [5.74, 6) is 1.44. The molecule has 1 atom stereocenters. The highest BCUT2D eigenvalue weighted by Crippen LogP contribution is 2.42. The zero-order valence-corrected chi connectivity index (χ0v) is 20.6. The van der Waals surface area contributed by atoms with Crippen molar-refractivity contribution in [1.82, 2.24) is 0 Å². The maximum atomic E-state index is 4.13. The summed E-state index contributed by atoms with van der Waals surface area (Å²) in [6.45, 7) is 13.5. The van der Waals surface area contributed by atoms with Crippen molar-refractivity contribution in [2.45, 2.75) is 52.9 Å². The molecule has 0 aliphatic heterocycles. The number of rotatable bonds is 8. The molecule has 33 heavy (non-hydrogen) atoms. The molecule has 0 spiro atoms. The van der Waals surface area contributed by atoms with Crippen LogP contribution in [-0.2, 0) is 0 Å². The summed E-state index contributed by atoms with van der Waals surface area (Å²) in [4.78, 5) is 0. The molecule has 3 aromatic rings. The number of benzene rings is 3. The molecule has 1 unspecified atom stereocenters. The molecule has 0 aromatic heterocycles. The quantitative estimate of drug-likeness (QED) is 0.332. The second-order valence-corrected chi connectivity index (χ2v) is 9.89. The summed E-state index contributed by atoms with van der Waals surface area (Å²) in [6, 6.07) is 24.2. The predicted octanol–water partition coefficient (Wildman–Crippen LogP) is 9.54. The van der Waals surface area contributed by atoms with Crippen molar-refractivity contribution in [2.24, 2.45) is 11.8 Å². The van der Waals surface area contributed by atoms with Crippen molar-refractivity contribution in [1.29, 1.82) is 0 Å². The van der Waals surface area contributed by atoms with Gasteiger partial charge >= 0.3 is 0 Å². The lowest BCUT2D eigenvalue weighted by Gasteiger charge is -2.30. The molecule has 0 N–H and O–H groups in total. The van der Waals surface area contributed by atoms with Gasteiger partial charge in [0.1, 0.15) is 0 Å². The Bertz CT molecular complexity index is 1170. The average molecular weight is 434 g/mol. The Morgan fingerprint density at radius 2 is 1.58 bits per heavy atom. The SMILES string of the molecule is C=Cc1ccc2ccccc2c1[CH]C(CC1=C(C(C)C)CCC=C1C(C)C)c1ccccc1. The Morgan fingerprint density at radius 1 is 0.848 bits per heavy atom. The minimum absolute atomic E-state index is 0.305. The van der Waals surface area contributed by atoms with Crippen LogP contribution < -0.4 is 0 Å². The molecule has 169 valence electrons. The first-order valence-corrected chi connectivity index (χ1v) is 12.5. The van der Waals surface area contributed by atoms with Gasteiger partial charge in [-0.25, -0.2) is 0 Å². The molecule has 0 heterocycles. The zero-order valence-electron chi connectivity index (χ0n) is 20.6. The van der Waals surface area contributed by atoms with Gasteiger partial charge in [-0.3, -0.25) is 0 Å². The van der Waals surface area contributed by atoms with Crippen molar-refractivity contribution in [3.63, 3.8) is 0 Å². The van der Waals surface area contributed by atoms with Gasteiger partial charge in [0.2, 0.25) is 0 Å². The molecule has 0 nitrogen and oxygen atoms in total. The third-order valence-corrected chi connectivity index (χ3v) is 7.08. The molecule has 1 radical (unpaired) electrons. The summed E-state index contributed by atoms with van der Waals surface area (Å²) in [6.07, 6.45) is 10.4. The summed E-state index contributed by atoms with van der Waals surface area (Å²) in [5, 5.41) is 2.58. The van der Waals surface area contributed by atoms with E-state index in [2.05, 4.69) is 114 Å². The Morgan fingerprint density at radius 3 is 2.27 bits per heavy atom. The molecule has 4 rings (SSSR count). The Balaban J connectivity index is 1.82. The number of hydrogen-bond donors (Lipinski definition) is 0. The molecule has 0 fully saturated rings. The smallest absolute Gasteiger partial charge is 0.000254 e. The third-order valence-electron chi connectivity index (χ3n) is 7.08. The normalized spacial score (nSPS) is 15.3. The fourth-order valence-corrected chi connectivity index (χ4v) is 5.38. The van der Waals surface area contributed by atoms with Gasteiger partial charge in [0.05, 0.1) is 0 Å². The van der Waals surface area contributed by atoms with Gasteiger partial charge in [-0.05, 0) is 82.0 Å². The van der Waals surface area contributed by atoms with Crippen molar-refractivity contribution in [3.8, 4) is 0 Å². The van der Waals surface area contributed by atoms with Gasteiger partial charge in [0.25, 0.3) is 0 Å². The van der Waals surface area contributed by atoms with Crippen molar-refractivity contribution >= 4 is 16.8 Å². The first-order valence-electron chi connectivity index (χ1n) is 12.5. The van der Waals surface area contributed by atoms with Crippen LogP contribution in [0.3, 0.4) is 0 Å². The highest BCUT2D eigenvalue weighted by molar-refractivity contribution is 5.90. The fraction of sp³-hybridized carbons (Fsp3) is 0.303. The zero-order chi connectivity index (χ0) is 23.4. The summed E-state index contributed by atoms with van der Waals surface area (Å²) in [5.41, 5.74) is 8.69. The molecule has 0 saturated carbocycles. The maximum Gasteiger partial charge on any atom is -0.000254 e. The second kappa shape index (κ2) is 10.4. The molecular formula is C33H37. The van der Waals surface area contributed by atoms with Crippen LogP contribution in [-0.4, -0.2) is 0 Å². The van der Waals surface area contributed by atoms with Crippen molar-refractivity contribution in [3.05, 3.63) is 119 Å². The molecule has 0 heteroatoms. The van der Waals surface area contributed by atoms with Crippen LogP contribution in [0.1, 0.15) is 69.6 Å². The van der Waals surface area contributed by atoms with Crippen LogP contribution in [0.2, 0.25) is 0 Å². The summed E-state index contributed by atoms with van der Waals surface area (Å²) in [7, 11) is 0. The van der Waals surface area contributed by atoms with E-state index in [-0.39, 0.29) is 0 Å². The number of fused-ring (bicyclic) bond motifs is 1. The third kappa shape index (κ3) is 5.06. The molecule has 0 saturated heterocycles. The van der Waals surface area contributed by atoms with E-state index in [1.165, 1.54) is 40.3 Å². The molecular weight excluding hydrogens is 396 g/mol. The second-order valence-electron chi connectivity index (χ2n) is 9.89. The van der Waals surface area contributed by atoms with Gasteiger partial charge in [-0.15, -0.1) is 0 Å². The van der Waals surface area contributed by atoms with Crippen molar-refractivity contribution < 1.29 is 0 Å². The van der Waals surface area contributed by atoms with E-state index >= 15 is 0 Å². The standard InChI is InChI=1S/C33H37/c1-6-25-19-20-27-15-10-11-16-31(27)32(25)21-28(26-13-8-7-9-14-26)22-33-29(23(2)3)17-12-18-30(33)24(4)5/h6-11,13-17,19-21,23-24,28H,1,12,18,22H2,2-5H3. The fourth-order valence-electron chi connectivity index (χ4n) is 5.38. The van der Waals surface area contributed by atoms with Crippen LogP contribution in [0.25, 0.3) is 16.8 Å². The molecule has 0 amide bonds. The van der Waals surface area contributed by atoms with E-state index in [1.54, 1.807) is 16.7 Å². The van der Waals surface area contributed by atoms with Crippen molar-refractivity contribution in [2.75, 3.05) is 0 Å². The van der Waals surface area contributed by atoms with Crippen LogP contribution in [0.4, 0.5) is 0 Å². The highest BCUT2D eigenvalue weighted by atomic mass is 14.3. The van der Waals surface area contributed by atoms with Gasteiger partial charge in [0, 0.05) is 0 Å². The molecule has 0 bridgehead atoms. The van der Waals surface area contributed by atoms with Crippen LogP contribution >= 0.6 is 0 Å². The summed E-state index contributed by atoms with van der Waals surface area (Å²) >= 11 is 0. The lowest BCUT2D eigenvalue weighted by atomic mass is 9.75. The number of allylic oxidation sites excluding steroid dienone is 4. The van der Waals surface area contributed by atoms with E-state index in [0.29, 0.717) is 17.8 Å². The first kappa shape index (κ1) is 23.3. The molecule has 1 aliphatic carbocycles. The van der Waals surface area contributed by atoms with Gasteiger partial charge in [-0.1, -0.05) is 119 Å². The minimum Gasteiger partial charge on any atom is -0.0985 e. The highest BCUT2D eigenvalue weighted by Gasteiger charge is 2.25. The topological polar surface area (TPSA) is 0 Å². The van der Waals surface area contributed by atoms with Crippen LogP contribution in [0.15, 0.2) is 96.1 Å². The number of hydrogen-bond acceptors (Lipinski definition) is 0. The van der Waals surface area contributed by atoms with Gasteiger partial charge < -0.3 is 0 Å².